The number of aromatic amines is 1. The Morgan fingerprint density at radius 2 is 1.67 bits per heavy atom. The molecule has 1 saturated heterocycles. The molecule has 2 aromatic carbocycles. The van der Waals surface area contributed by atoms with E-state index in [1.807, 2.05) is 44.2 Å². The van der Waals surface area contributed by atoms with Gasteiger partial charge in [0.2, 0.25) is 5.91 Å². The van der Waals surface area contributed by atoms with Gasteiger partial charge in [0.05, 0.1) is 21.1 Å². The fourth-order valence-corrected chi connectivity index (χ4v) is 5.70. The summed E-state index contributed by atoms with van der Waals surface area (Å²) in [6.45, 7) is 5.42. The number of carboxylic acid groups (broad SMARTS) is 1. The van der Waals surface area contributed by atoms with Gasteiger partial charge in [0.25, 0.3) is 5.91 Å². The van der Waals surface area contributed by atoms with Gasteiger partial charge in [-0.1, -0.05) is 73.4 Å². The molecule has 238 valence electrons. The zero-order valence-electron chi connectivity index (χ0n) is 24.9. The lowest BCUT2D eigenvalue weighted by atomic mass is 9.80. The van der Waals surface area contributed by atoms with Crippen LogP contribution in [0.1, 0.15) is 55.1 Å². The van der Waals surface area contributed by atoms with E-state index in [9.17, 15) is 29.1 Å². The van der Waals surface area contributed by atoms with Crippen molar-refractivity contribution in [1.82, 2.24) is 25.5 Å². The minimum atomic E-state index is -1.88. The molecule has 14 heteroatoms. The summed E-state index contributed by atoms with van der Waals surface area (Å²) >= 11 is 12.3. The lowest BCUT2D eigenvalue weighted by Crippen LogP contribution is -2.60. The number of amides is 4. The molecule has 0 spiro atoms. The maximum atomic E-state index is 13.5. The van der Waals surface area contributed by atoms with Crippen LogP contribution in [0.4, 0.5) is 10.6 Å². The Hall–Kier alpha value is -4.42. The number of carboxylic acids is 1. The van der Waals surface area contributed by atoms with Crippen molar-refractivity contribution < 1.29 is 24.3 Å². The molecule has 1 fully saturated rings. The predicted octanol–water partition coefficient (Wildman–Crippen LogP) is 4.19. The summed E-state index contributed by atoms with van der Waals surface area (Å²) < 4.78 is 0. The number of benzene rings is 2. The Kier molecular flexibility index (Phi) is 10.2. The Morgan fingerprint density at radius 3 is 2.24 bits per heavy atom. The molecule has 1 unspecified atom stereocenters. The number of rotatable bonds is 9. The van der Waals surface area contributed by atoms with Gasteiger partial charge in [-0.3, -0.25) is 9.59 Å². The number of carbonyl (C=O) groups is 4. The summed E-state index contributed by atoms with van der Waals surface area (Å²) in [5, 5.41) is 18.6. The van der Waals surface area contributed by atoms with Crippen LogP contribution in [0.3, 0.4) is 0 Å². The van der Waals surface area contributed by atoms with Gasteiger partial charge in [0.15, 0.2) is 0 Å². The fraction of sp³-hybridized carbons (Fsp3) is 0.355. The van der Waals surface area contributed by atoms with E-state index >= 15 is 0 Å². The van der Waals surface area contributed by atoms with Gasteiger partial charge in [0.1, 0.15) is 11.4 Å². The van der Waals surface area contributed by atoms with Gasteiger partial charge >= 0.3 is 17.7 Å². The highest BCUT2D eigenvalue weighted by molar-refractivity contribution is 6.40. The summed E-state index contributed by atoms with van der Waals surface area (Å²) in [7, 11) is 0. The molecule has 0 radical (unpaired) electrons. The molecule has 1 aromatic heterocycles. The number of urea groups is 1. The largest absolute Gasteiger partial charge is 0.480 e. The van der Waals surface area contributed by atoms with Crippen molar-refractivity contribution in [3.8, 4) is 0 Å². The predicted molar refractivity (Wildman–Crippen MR) is 169 cm³/mol. The molecule has 0 bridgehead atoms. The van der Waals surface area contributed by atoms with Gasteiger partial charge in [0, 0.05) is 37.2 Å². The molecule has 0 aliphatic carbocycles. The summed E-state index contributed by atoms with van der Waals surface area (Å²) in [5.41, 5.74) is -2.35. The molecule has 1 aliphatic heterocycles. The highest BCUT2D eigenvalue weighted by Gasteiger charge is 2.42. The monoisotopic (exact) mass is 656 g/mol. The van der Waals surface area contributed by atoms with Crippen LogP contribution in [0.2, 0.25) is 10.0 Å². The summed E-state index contributed by atoms with van der Waals surface area (Å²) in [4.78, 5) is 71.5. The number of anilines is 1. The first-order valence-electron chi connectivity index (χ1n) is 14.3. The topological polar surface area (TPSA) is 174 Å². The molecule has 4 amide bonds. The Bertz CT molecular complexity index is 1640. The Balaban J connectivity index is 1.52. The maximum Gasteiger partial charge on any atom is 0.346 e. The number of piperidine rings is 1. The quantitative estimate of drug-likeness (QED) is 0.230. The van der Waals surface area contributed by atoms with Crippen LogP contribution in [-0.2, 0) is 21.5 Å². The number of likely N-dealkylation sites (tertiary alicyclic amines) is 1. The highest BCUT2D eigenvalue weighted by atomic mass is 35.5. The van der Waals surface area contributed by atoms with Crippen LogP contribution in [0.5, 0.6) is 0 Å². The number of nitrogens with one attached hydrogen (secondary N) is 4. The average Bonchev–Trinajstić information content (AvgIpc) is 2.99. The fourth-order valence-electron chi connectivity index (χ4n) is 5.13. The number of carbonyl (C=O) groups excluding carboxylic acids is 3. The number of nitrogens with zero attached hydrogens (tertiary/aromatic N) is 2. The first-order chi connectivity index (χ1) is 21.2. The van der Waals surface area contributed by atoms with Gasteiger partial charge in [-0.25, -0.2) is 14.4 Å². The van der Waals surface area contributed by atoms with Crippen LogP contribution in [0, 0.1) is 5.92 Å². The van der Waals surface area contributed by atoms with E-state index in [0.29, 0.717) is 12.8 Å². The van der Waals surface area contributed by atoms with Crippen LogP contribution >= 0.6 is 23.2 Å². The Labute approximate surface area is 269 Å². The van der Waals surface area contributed by atoms with E-state index in [2.05, 4.69) is 25.9 Å². The minimum absolute atomic E-state index is 0.0515. The zero-order chi connectivity index (χ0) is 32.9. The minimum Gasteiger partial charge on any atom is -0.480 e. The number of hydrogen-bond donors (Lipinski definition) is 5. The molecule has 5 N–H and O–H groups in total. The summed E-state index contributed by atoms with van der Waals surface area (Å²) in [6.07, 6.45) is 1.70. The molecule has 45 heavy (non-hydrogen) atoms. The molecule has 1 aliphatic rings. The molecule has 3 aromatic rings. The van der Waals surface area contributed by atoms with Crippen LogP contribution in [-0.4, -0.2) is 62.4 Å². The van der Waals surface area contributed by atoms with Crippen molar-refractivity contribution in [3.05, 3.63) is 91.9 Å². The first kappa shape index (κ1) is 33.5. The van der Waals surface area contributed by atoms with E-state index in [1.54, 1.807) is 6.07 Å². The second-order valence-electron chi connectivity index (χ2n) is 11.5. The van der Waals surface area contributed by atoms with Crippen molar-refractivity contribution in [2.45, 2.75) is 51.1 Å². The number of H-pyrrole nitrogens is 1. The highest BCUT2D eigenvalue weighted by Crippen LogP contribution is 2.34. The molecule has 0 saturated carbocycles. The SMILES string of the molecule is CC(C)C(=O)NC1(c2ccccc2)CCN(C(=O)NC(C)(Cc2c[nH]c(=O)nc2NC(=O)c2c(Cl)cccc2Cl)C(=O)O)CC1. The number of halogens is 2. The van der Waals surface area contributed by atoms with E-state index in [4.69, 9.17) is 23.2 Å². The van der Waals surface area contributed by atoms with Crippen molar-refractivity contribution in [2.24, 2.45) is 5.92 Å². The van der Waals surface area contributed by atoms with Crippen molar-refractivity contribution in [1.29, 1.82) is 0 Å². The second-order valence-corrected chi connectivity index (χ2v) is 12.3. The van der Waals surface area contributed by atoms with E-state index < -0.39 is 34.7 Å². The number of aromatic nitrogens is 2. The van der Waals surface area contributed by atoms with Gasteiger partial charge in [-0.15, -0.1) is 0 Å². The third-order valence-electron chi connectivity index (χ3n) is 7.83. The standard InChI is InChI=1S/C31H34Cl2N6O6/c1-18(2)25(40)37-31(20-8-5-4-6-9-20)12-14-39(15-13-31)29(45)38-30(3,27(42)43)16-19-17-34-28(44)36-24(19)35-26(41)23-21(32)10-7-11-22(23)33/h4-11,17-18H,12-16H2,1-3H3,(H,37,40)(H,38,45)(H,42,43)(H2,34,35,36,41,44). The van der Waals surface area contributed by atoms with E-state index in [0.717, 1.165) is 5.56 Å². The Morgan fingerprint density at radius 1 is 1.04 bits per heavy atom. The second kappa shape index (κ2) is 13.7. The normalized spacial score (nSPS) is 15.6. The smallest absolute Gasteiger partial charge is 0.346 e. The van der Waals surface area contributed by atoms with Gasteiger partial charge in [-0.05, 0) is 37.5 Å². The molecule has 1 atom stereocenters. The third kappa shape index (κ3) is 7.63. The van der Waals surface area contributed by atoms with Crippen molar-refractivity contribution in [2.75, 3.05) is 18.4 Å². The van der Waals surface area contributed by atoms with Crippen LogP contribution < -0.4 is 21.6 Å². The van der Waals surface area contributed by atoms with Crippen LogP contribution in [0.15, 0.2) is 59.5 Å². The van der Waals surface area contributed by atoms with Crippen molar-refractivity contribution >= 4 is 52.8 Å². The third-order valence-corrected chi connectivity index (χ3v) is 8.46. The first-order valence-corrected chi connectivity index (χ1v) is 15.0. The van der Waals surface area contributed by atoms with E-state index in [-0.39, 0.29) is 58.3 Å². The van der Waals surface area contributed by atoms with E-state index in [1.165, 1.54) is 30.2 Å². The molecule has 12 nitrogen and oxygen atoms in total. The number of aliphatic carboxylic acids is 1. The molecule has 2 heterocycles. The summed E-state index contributed by atoms with van der Waals surface area (Å²) in [5.74, 6) is -2.67. The van der Waals surface area contributed by atoms with Crippen LogP contribution in [0.25, 0.3) is 0 Å². The average molecular weight is 658 g/mol. The lowest BCUT2D eigenvalue weighted by Gasteiger charge is -2.43. The van der Waals surface area contributed by atoms with Crippen molar-refractivity contribution in [3.63, 3.8) is 0 Å². The zero-order valence-corrected chi connectivity index (χ0v) is 26.5. The summed E-state index contributed by atoms with van der Waals surface area (Å²) in [6, 6.07) is 13.4. The maximum absolute atomic E-state index is 13.5. The number of hydrogen-bond acceptors (Lipinski definition) is 6. The van der Waals surface area contributed by atoms with Gasteiger partial charge < -0.3 is 30.9 Å². The molecular formula is C31H34Cl2N6O6. The van der Waals surface area contributed by atoms with Gasteiger partial charge in [-0.2, -0.15) is 4.98 Å². The molecular weight excluding hydrogens is 623 g/mol. The molecule has 4 rings (SSSR count). The lowest BCUT2D eigenvalue weighted by molar-refractivity contribution is -0.143.